The first-order chi connectivity index (χ1) is 10.3. The Morgan fingerprint density at radius 2 is 1.81 bits per heavy atom. The predicted octanol–water partition coefficient (Wildman–Crippen LogP) is 3.62. The highest BCUT2D eigenvalue weighted by atomic mass is 32.2. The normalized spacial score (nSPS) is 11.4. The molecule has 0 atom stereocenters. The number of rotatable bonds is 6. The zero-order chi connectivity index (χ0) is 14.9. The highest BCUT2D eigenvalue weighted by Crippen LogP contribution is 2.16. The van der Waals surface area contributed by atoms with Gasteiger partial charge >= 0.3 is 0 Å². The van der Waals surface area contributed by atoms with E-state index < -0.39 is 0 Å². The molecule has 2 rings (SSSR count). The highest BCUT2D eigenvalue weighted by Gasteiger charge is 1.99. The molecule has 3 nitrogen and oxygen atoms in total. The first-order valence-corrected chi connectivity index (χ1v) is 7.89. The van der Waals surface area contributed by atoms with E-state index in [1.165, 1.54) is 11.8 Å². The number of hydrogen-bond donors (Lipinski definition) is 1. The molecule has 0 aliphatic carbocycles. The lowest BCUT2D eigenvalue weighted by atomic mass is 10.2. The molecule has 0 saturated heterocycles. The quantitative estimate of drug-likeness (QED) is 0.503. The van der Waals surface area contributed by atoms with E-state index in [1.807, 2.05) is 61.5 Å². The zero-order valence-electron chi connectivity index (χ0n) is 12.2. The summed E-state index contributed by atoms with van der Waals surface area (Å²) in [4.78, 5) is 4.36. The molecule has 0 bridgehead atoms. The highest BCUT2D eigenvalue weighted by molar-refractivity contribution is 8.13. The van der Waals surface area contributed by atoms with Crippen LogP contribution in [0.5, 0.6) is 5.75 Å². The van der Waals surface area contributed by atoms with Crippen molar-refractivity contribution in [3.8, 4) is 5.75 Å². The van der Waals surface area contributed by atoms with Gasteiger partial charge in [-0.15, -0.1) is 0 Å². The average molecular weight is 300 g/mol. The summed E-state index contributed by atoms with van der Waals surface area (Å²) in [5.74, 6) is 1.72. The van der Waals surface area contributed by atoms with Crippen molar-refractivity contribution in [3.63, 3.8) is 0 Å². The van der Waals surface area contributed by atoms with E-state index in [1.54, 1.807) is 0 Å². The number of aliphatic imine (C=N–C) groups is 1. The van der Waals surface area contributed by atoms with Crippen LogP contribution in [0.15, 0.2) is 59.6 Å². The van der Waals surface area contributed by atoms with Crippen LogP contribution in [-0.4, -0.2) is 17.5 Å². The van der Waals surface area contributed by atoms with Crippen LogP contribution in [0.1, 0.15) is 11.1 Å². The van der Waals surface area contributed by atoms with Gasteiger partial charge in [-0.25, -0.2) is 0 Å². The maximum Gasteiger partial charge on any atom is 0.154 e. The smallest absolute Gasteiger partial charge is 0.154 e. The summed E-state index contributed by atoms with van der Waals surface area (Å²) < 4.78 is 5.72. The number of ether oxygens (including phenoxy) is 1. The Labute approximate surface area is 130 Å². The zero-order valence-corrected chi connectivity index (χ0v) is 13.0. The summed E-state index contributed by atoms with van der Waals surface area (Å²) in [6, 6.07) is 18.1. The minimum Gasteiger partial charge on any atom is -0.492 e. The molecule has 0 spiro atoms. The summed E-state index contributed by atoms with van der Waals surface area (Å²) in [6.07, 6.45) is 0. The Bertz CT molecular complexity index is 584. The van der Waals surface area contributed by atoms with Gasteiger partial charge < -0.3 is 10.5 Å². The van der Waals surface area contributed by atoms with Crippen molar-refractivity contribution in [1.82, 2.24) is 0 Å². The summed E-state index contributed by atoms with van der Waals surface area (Å²) in [5.41, 5.74) is 8.20. The van der Waals surface area contributed by atoms with E-state index >= 15 is 0 Å². The first kappa shape index (κ1) is 15.4. The average Bonchev–Trinajstić information content (AvgIpc) is 2.52. The predicted molar refractivity (Wildman–Crippen MR) is 90.9 cm³/mol. The molecule has 0 amide bonds. The topological polar surface area (TPSA) is 47.6 Å². The lowest BCUT2D eigenvalue weighted by Crippen LogP contribution is -2.11. The lowest BCUT2D eigenvalue weighted by Gasteiger charge is -2.08. The van der Waals surface area contributed by atoms with Crippen molar-refractivity contribution in [2.75, 3.05) is 12.4 Å². The van der Waals surface area contributed by atoms with Crippen LogP contribution >= 0.6 is 11.8 Å². The van der Waals surface area contributed by atoms with E-state index in [2.05, 4.69) is 4.99 Å². The van der Waals surface area contributed by atoms with E-state index in [-0.39, 0.29) is 0 Å². The minimum atomic E-state index is 0.604. The number of hydrogen-bond acceptors (Lipinski definition) is 3. The molecule has 110 valence electrons. The molecule has 0 aliphatic heterocycles. The number of benzene rings is 2. The molecular formula is C17H20N2OS. The molecule has 0 heterocycles. The molecular weight excluding hydrogens is 280 g/mol. The third-order valence-electron chi connectivity index (χ3n) is 2.94. The van der Waals surface area contributed by atoms with Gasteiger partial charge in [-0.1, -0.05) is 60.3 Å². The van der Waals surface area contributed by atoms with Gasteiger partial charge in [-0.2, -0.15) is 0 Å². The molecule has 2 aromatic rings. The molecule has 2 N–H and O–H groups in total. The fourth-order valence-corrected chi connectivity index (χ4v) is 2.35. The molecule has 2 aromatic carbocycles. The van der Waals surface area contributed by atoms with Gasteiger partial charge in [-0.3, -0.25) is 4.99 Å². The fraction of sp³-hybridized carbons (Fsp3) is 0.235. The van der Waals surface area contributed by atoms with Gasteiger partial charge in [0.1, 0.15) is 5.75 Å². The van der Waals surface area contributed by atoms with Crippen LogP contribution in [-0.2, 0) is 6.54 Å². The Morgan fingerprint density at radius 3 is 2.57 bits per heavy atom. The van der Waals surface area contributed by atoms with Gasteiger partial charge in [0.25, 0.3) is 0 Å². The molecule has 0 fully saturated rings. The third-order valence-corrected chi connectivity index (χ3v) is 3.74. The summed E-state index contributed by atoms with van der Waals surface area (Å²) in [5, 5.41) is 0.604. The van der Waals surface area contributed by atoms with Crippen LogP contribution in [0.2, 0.25) is 0 Å². The first-order valence-electron chi connectivity index (χ1n) is 6.91. The lowest BCUT2D eigenvalue weighted by molar-refractivity contribution is 0.342. The number of nitrogens with zero attached hydrogens (tertiary/aromatic N) is 1. The van der Waals surface area contributed by atoms with Crippen LogP contribution in [0.25, 0.3) is 0 Å². The van der Waals surface area contributed by atoms with Crippen LogP contribution in [0.3, 0.4) is 0 Å². The third kappa shape index (κ3) is 5.52. The molecule has 0 aliphatic rings. The molecule has 0 radical (unpaired) electrons. The Balaban J connectivity index is 1.70. The number of thioether (sulfide) groups is 1. The number of para-hydroxylation sites is 1. The van der Waals surface area contributed by atoms with Crippen LogP contribution in [0, 0.1) is 6.92 Å². The Morgan fingerprint density at radius 1 is 1.10 bits per heavy atom. The van der Waals surface area contributed by atoms with Gasteiger partial charge in [0.2, 0.25) is 0 Å². The van der Waals surface area contributed by atoms with Crippen LogP contribution in [0.4, 0.5) is 0 Å². The van der Waals surface area contributed by atoms with Gasteiger partial charge in [-0.05, 0) is 24.1 Å². The second kappa shape index (κ2) is 8.37. The largest absolute Gasteiger partial charge is 0.492 e. The standard InChI is InChI=1S/C17H20N2OS/c1-14-7-5-6-10-16(14)20-11-12-21-17(18)19-13-15-8-3-2-4-9-15/h2-10H,11-13H2,1H3,(H2,18,19). The van der Waals surface area contributed by atoms with Crippen molar-refractivity contribution < 1.29 is 4.74 Å². The second-order valence-corrected chi connectivity index (χ2v) is 5.72. The van der Waals surface area contributed by atoms with Gasteiger partial charge in [0.15, 0.2) is 5.17 Å². The summed E-state index contributed by atoms with van der Waals surface area (Å²) in [7, 11) is 0. The van der Waals surface area contributed by atoms with Crippen LogP contribution < -0.4 is 10.5 Å². The fourth-order valence-electron chi connectivity index (χ4n) is 1.81. The molecule has 0 unspecified atom stereocenters. The Kier molecular flexibility index (Phi) is 6.16. The number of aryl methyl sites for hydroxylation is 1. The Hall–Kier alpha value is -1.94. The van der Waals surface area contributed by atoms with E-state index in [9.17, 15) is 0 Å². The second-order valence-electron chi connectivity index (χ2n) is 4.60. The number of nitrogens with two attached hydrogens (primary N) is 1. The van der Waals surface area contributed by atoms with Crippen molar-refractivity contribution >= 4 is 16.9 Å². The summed E-state index contributed by atoms with van der Waals surface area (Å²) in [6.45, 7) is 3.29. The van der Waals surface area contributed by atoms with E-state index in [0.717, 1.165) is 22.6 Å². The summed E-state index contributed by atoms with van der Waals surface area (Å²) >= 11 is 1.52. The maximum absolute atomic E-state index is 5.89. The maximum atomic E-state index is 5.89. The van der Waals surface area contributed by atoms with Crippen molar-refractivity contribution in [1.29, 1.82) is 0 Å². The minimum absolute atomic E-state index is 0.604. The molecule has 0 saturated carbocycles. The molecule has 21 heavy (non-hydrogen) atoms. The van der Waals surface area contributed by atoms with E-state index in [0.29, 0.717) is 18.3 Å². The monoisotopic (exact) mass is 300 g/mol. The van der Waals surface area contributed by atoms with E-state index in [4.69, 9.17) is 10.5 Å². The number of amidine groups is 1. The van der Waals surface area contributed by atoms with Gasteiger partial charge in [0.05, 0.1) is 13.2 Å². The molecule has 0 aromatic heterocycles. The van der Waals surface area contributed by atoms with Crippen molar-refractivity contribution in [3.05, 3.63) is 65.7 Å². The SMILES string of the molecule is Cc1ccccc1OCCSC(N)=NCc1ccccc1. The van der Waals surface area contributed by atoms with Crippen molar-refractivity contribution in [2.45, 2.75) is 13.5 Å². The molecule has 4 heteroatoms. The van der Waals surface area contributed by atoms with Crippen molar-refractivity contribution in [2.24, 2.45) is 10.7 Å². The van der Waals surface area contributed by atoms with Gasteiger partial charge in [0, 0.05) is 5.75 Å².